The van der Waals surface area contributed by atoms with E-state index in [0.717, 1.165) is 49.7 Å². The molecule has 0 saturated carbocycles. The SMILES string of the molecule is CCCN1CCn2cc(C(=O)NCc3cccc(OC)c3)nc2C1. The van der Waals surface area contributed by atoms with Crippen LogP contribution in [0.5, 0.6) is 5.75 Å². The van der Waals surface area contributed by atoms with Crippen molar-refractivity contribution in [1.82, 2.24) is 19.8 Å². The van der Waals surface area contributed by atoms with Gasteiger partial charge in [-0.25, -0.2) is 4.98 Å². The van der Waals surface area contributed by atoms with E-state index < -0.39 is 0 Å². The number of carbonyl (C=O) groups excluding carboxylic acids is 1. The number of methoxy groups -OCH3 is 1. The predicted octanol–water partition coefficient (Wildman–Crippen LogP) is 2.05. The summed E-state index contributed by atoms with van der Waals surface area (Å²) in [6.45, 7) is 6.44. The van der Waals surface area contributed by atoms with E-state index in [2.05, 4.69) is 26.7 Å². The van der Waals surface area contributed by atoms with Gasteiger partial charge in [0.05, 0.1) is 13.7 Å². The molecular formula is C18H24N4O2. The first-order valence-electron chi connectivity index (χ1n) is 8.39. The third-order valence-electron chi connectivity index (χ3n) is 4.24. The molecule has 1 amide bonds. The first-order chi connectivity index (χ1) is 11.7. The third-order valence-corrected chi connectivity index (χ3v) is 4.24. The van der Waals surface area contributed by atoms with Crippen molar-refractivity contribution in [3.63, 3.8) is 0 Å². The average Bonchev–Trinajstić information content (AvgIpc) is 3.03. The molecule has 3 rings (SSSR count). The lowest BCUT2D eigenvalue weighted by molar-refractivity contribution is 0.0946. The Balaban J connectivity index is 1.62. The number of hydrogen-bond donors (Lipinski definition) is 1. The van der Waals surface area contributed by atoms with E-state index in [1.54, 1.807) is 7.11 Å². The topological polar surface area (TPSA) is 59.4 Å². The van der Waals surface area contributed by atoms with Crippen molar-refractivity contribution in [3.8, 4) is 5.75 Å². The molecule has 2 heterocycles. The number of aromatic nitrogens is 2. The van der Waals surface area contributed by atoms with Gasteiger partial charge in [0.15, 0.2) is 0 Å². The molecule has 1 aliphatic rings. The second-order valence-corrected chi connectivity index (χ2v) is 6.05. The Hall–Kier alpha value is -2.34. The van der Waals surface area contributed by atoms with E-state index in [9.17, 15) is 4.79 Å². The van der Waals surface area contributed by atoms with Crippen LogP contribution in [0.1, 0.15) is 35.2 Å². The minimum atomic E-state index is -0.137. The smallest absolute Gasteiger partial charge is 0.271 e. The van der Waals surface area contributed by atoms with Crippen molar-refractivity contribution < 1.29 is 9.53 Å². The summed E-state index contributed by atoms with van der Waals surface area (Å²) in [6, 6.07) is 7.68. The van der Waals surface area contributed by atoms with Crippen molar-refractivity contribution >= 4 is 5.91 Å². The van der Waals surface area contributed by atoms with Gasteiger partial charge in [0.2, 0.25) is 0 Å². The van der Waals surface area contributed by atoms with Crippen molar-refractivity contribution in [2.24, 2.45) is 0 Å². The first kappa shape index (κ1) is 16.5. The van der Waals surface area contributed by atoms with Gasteiger partial charge >= 0.3 is 0 Å². The molecule has 0 bridgehead atoms. The van der Waals surface area contributed by atoms with Crippen LogP contribution in [0, 0.1) is 0 Å². The molecule has 6 heteroatoms. The Morgan fingerprint density at radius 2 is 2.25 bits per heavy atom. The fourth-order valence-electron chi connectivity index (χ4n) is 2.97. The lowest BCUT2D eigenvalue weighted by atomic mass is 10.2. The second-order valence-electron chi connectivity index (χ2n) is 6.05. The highest BCUT2D eigenvalue weighted by molar-refractivity contribution is 5.92. The maximum absolute atomic E-state index is 12.4. The number of rotatable bonds is 6. The molecule has 0 spiro atoms. The first-order valence-corrected chi connectivity index (χ1v) is 8.39. The molecule has 0 fully saturated rings. The van der Waals surface area contributed by atoms with E-state index in [0.29, 0.717) is 12.2 Å². The van der Waals surface area contributed by atoms with Crippen LogP contribution in [0.15, 0.2) is 30.5 Å². The van der Waals surface area contributed by atoms with Crippen LogP contribution >= 0.6 is 0 Å². The molecule has 0 aliphatic carbocycles. The van der Waals surface area contributed by atoms with Gasteiger partial charge in [-0.1, -0.05) is 19.1 Å². The zero-order chi connectivity index (χ0) is 16.9. The average molecular weight is 328 g/mol. The molecule has 1 N–H and O–H groups in total. The fourth-order valence-corrected chi connectivity index (χ4v) is 2.97. The van der Waals surface area contributed by atoms with Crippen molar-refractivity contribution in [1.29, 1.82) is 0 Å². The minimum Gasteiger partial charge on any atom is -0.497 e. The Kier molecular flexibility index (Phi) is 5.15. The molecule has 2 aromatic rings. The summed E-state index contributed by atoms with van der Waals surface area (Å²) < 4.78 is 7.29. The highest BCUT2D eigenvalue weighted by Crippen LogP contribution is 2.14. The summed E-state index contributed by atoms with van der Waals surface area (Å²) in [7, 11) is 1.63. The molecular weight excluding hydrogens is 304 g/mol. The van der Waals surface area contributed by atoms with Crippen LogP contribution in [-0.4, -0.2) is 40.6 Å². The number of nitrogens with one attached hydrogen (secondary N) is 1. The molecule has 0 unspecified atom stereocenters. The Bertz CT molecular complexity index is 711. The molecule has 1 aromatic heterocycles. The highest BCUT2D eigenvalue weighted by atomic mass is 16.5. The maximum atomic E-state index is 12.4. The second kappa shape index (κ2) is 7.49. The molecule has 6 nitrogen and oxygen atoms in total. The van der Waals surface area contributed by atoms with E-state index in [-0.39, 0.29) is 5.91 Å². The van der Waals surface area contributed by atoms with Crippen LogP contribution in [0.25, 0.3) is 0 Å². The van der Waals surface area contributed by atoms with Gasteiger partial charge in [0, 0.05) is 25.8 Å². The van der Waals surface area contributed by atoms with Crippen LogP contribution in [-0.2, 0) is 19.6 Å². The lowest BCUT2D eigenvalue weighted by Gasteiger charge is -2.26. The molecule has 128 valence electrons. The van der Waals surface area contributed by atoms with E-state index >= 15 is 0 Å². The Morgan fingerprint density at radius 1 is 1.38 bits per heavy atom. The van der Waals surface area contributed by atoms with Crippen molar-refractivity contribution in [3.05, 3.63) is 47.5 Å². The largest absolute Gasteiger partial charge is 0.497 e. The van der Waals surface area contributed by atoms with Gasteiger partial charge in [-0.2, -0.15) is 0 Å². The van der Waals surface area contributed by atoms with E-state index in [4.69, 9.17) is 4.74 Å². The van der Waals surface area contributed by atoms with Crippen molar-refractivity contribution in [2.75, 3.05) is 20.2 Å². The lowest BCUT2D eigenvalue weighted by Crippen LogP contribution is -2.34. The van der Waals surface area contributed by atoms with Gasteiger partial charge in [-0.05, 0) is 30.7 Å². The highest BCUT2D eigenvalue weighted by Gasteiger charge is 2.20. The third kappa shape index (κ3) is 3.76. The fraction of sp³-hybridized carbons (Fsp3) is 0.444. The number of imidazole rings is 1. The molecule has 1 aliphatic heterocycles. The van der Waals surface area contributed by atoms with Gasteiger partial charge in [-0.15, -0.1) is 0 Å². The van der Waals surface area contributed by atoms with E-state index in [1.165, 1.54) is 0 Å². The molecule has 0 atom stereocenters. The number of benzene rings is 1. The van der Waals surface area contributed by atoms with Gasteiger partial charge in [0.1, 0.15) is 17.3 Å². The Labute approximate surface area is 142 Å². The molecule has 0 saturated heterocycles. The van der Waals surface area contributed by atoms with Crippen molar-refractivity contribution in [2.45, 2.75) is 33.0 Å². The van der Waals surface area contributed by atoms with Crippen LogP contribution < -0.4 is 10.1 Å². The van der Waals surface area contributed by atoms with E-state index in [1.807, 2.05) is 30.5 Å². The molecule has 1 aromatic carbocycles. The number of fused-ring (bicyclic) bond motifs is 1. The minimum absolute atomic E-state index is 0.137. The number of ether oxygens (including phenoxy) is 1. The Morgan fingerprint density at radius 3 is 3.04 bits per heavy atom. The van der Waals surface area contributed by atoms with Crippen LogP contribution in [0.2, 0.25) is 0 Å². The summed E-state index contributed by atoms with van der Waals surface area (Å²) in [5.74, 6) is 1.62. The zero-order valence-electron chi connectivity index (χ0n) is 14.3. The van der Waals surface area contributed by atoms with Crippen LogP contribution in [0.4, 0.5) is 0 Å². The standard InChI is InChI=1S/C18H24N4O2/c1-3-7-21-8-9-22-12-16(20-17(22)13-21)18(23)19-11-14-5-4-6-15(10-14)24-2/h4-6,10,12H,3,7-9,11,13H2,1-2H3,(H,19,23). The summed E-state index contributed by atoms with van der Waals surface area (Å²) in [5.41, 5.74) is 1.49. The summed E-state index contributed by atoms with van der Waals surface area (Å²) in [5, 5.41) is 2.93. The number of nitrogens with zero attached hydrogens (tertiary/aromatic N) is 3. The summed E-state index contributed by atoms with van der Waals surface area (Å²) in [6.07, 6.45) is 2.99. The maximum Gasteiger partial charge on any atom is 0.271 e. The zero-order valence-corrected chi connectivity index (χ0v) is 14.3. The van der Waals surface area contributed by atoms with Gasteiger partial charge in [0.25, 0.3) is 5.91 Å². The summed E-state index contributed by atoms with van der Waals surface area (Å²) in [4.78, 5) is 19.3. The van der Waals surface area contributed by atoms with Gasteiger partial charge in [-0.3, -0.25) is 9.69 Å². The quantitative estimate of drug-likeness (QED) is 0.882. The molecule has 0 radical (unpaired) electrons. The van der Waals surface area contributed by atoms with Crippen LogP contribution in [0.3, 0.4) is 0 Å². The summed E-state index contributed by atoms with van der Waals surface area (Å²) >= 11 is 0. The molecule has 24 heavy (non-hydrogen) atoms. The monoisotopic (exact) mass is 328 g/mol. The van der Waals surface area contributed by atoms with Gasteiger partial charge < -0.3 is 14.6 Å². The normalized spacial score (nSPS) is 14.2. The predicted molar refractivity (Wildman–Crippen MR) is 92.0 cm³/mol. The number of hydrogen-bond acceptors (Lipinski definition) is 4. The number of carbonyl (C=O) groups is 1. The number of amides is 1.